The van der Waals surface area contributed by atoms with Crippen LogP contribution in [-0.4, -0.2) is 65.8 Å². The third kappa shape index (κ3) is 7.28. The third-order valence-electron chi connectivity index (χ3n) is 2.57. The van der Waals surface area contributed by atoms with E-state index in [1.54, 1.807) is 29.2 Å². The van der Waals surface area contributed by atoms with Crippen LogP contribution in [0, 0.1) is 0 Å². The largest absolute Gasteiger partial charge is 0.489 e. The van der Waals surface area contributed by atoms with Crippen molar-refractivity contribution in [2.45, 2.75) is 6.10 Å². The first-order valence-electron chi connectivity index (χ1n) is 6.16. The summed E-state index contributed by atoms with van der Waals surface area (Å²) >= 11 is 5.93. The maximum Gasteiger partial charge on any atom is 0.138 e. The molecule has 1 aromatic rings. The molecule has 3 N–H and O–H groups in total. The zero-order chi connectivity index (χ0) is 14.1. The molecule has 0 fully saturated rings. The van der Waals surface area contributed by atoms with Crippen LogP contribution in [0.25, 0.3) is 0 Å². The Morgan fingerprint density at radius 3 is 2.30 bits per heavy atom. The fourth-order valence-electron chi connectivity index (χ4n) is 1.68. The average Bonchev–Trinajstić information content (AvgIpc) is 2.38. The van der Waals surface area contributed by atoms with Crippen LogP contribution in [0.5, 0.6) is 5.75 Å². The van der Waals surface area contributed by atoms with Crippen molar-refractivity contribution in [3.05, 3.63) is 29.3 Å². The number of hydrogen-bond donors (Lipinski definition) is 3. The lowest BCUT2D eigenvalue weighted by Gasteiger charge is -2.23. The van der Waals surface area contributed by atoms with Crippen molar-refractivity contribution in [1.29, 1.82) is 0 Å². The Morgan fingerprint density at radius 1 is 1.15 bits per heavy atom. The van der Waals surface area contributed by atoms with E-state index >= 15 is 0 Å². The predicted octanol–water partition coefficient (Wildman–Crippen LogP) is 0.788. The molecule has 0 saturated carbocycles. The van der Waals surface area contributed by atoms with Crippen molar-refractivity contribution in [2.75, 3.05) is 39.5 Å². The number of rotatable bonds is 9. The summed E-state index contributed by atoms with van der Waals surface area (Å²) in [5.74, 6) is 0.527. The molecule has 0 amide bonds. The molecule has 0 aliphatic heterocycles. The van der Waals surface area contributed by atoms with E-state index in [4.69, 9.17) is 26.6 Å². The van der Waals surface area contributed by atoms with Gasteiger partial charge in [-0.25, -0.2) is 0 Å². The van der Waals surface area contributed by atoms with Crippen molar-refractivity contribution in [3.63, 3.8) is 0 Å². The van der Waals surface area contributed by atoms with Crippen molar-refractivity contribution >= 4 is 24.0 Å². The summed E-state index contributed by atoms with van der Waals surface area (Å²) in [6.45, 7) is 1.21. The molecule has 1 unspecified atom stereocenters. The molecule has 0 aromatic heterocycles. The van der Waals surface area contributed by atoms with E-state index in [2.05, 4.69) is 0 Å². The van der Waals surface area contributed by atoms with E-state index in [1.807, 2.05) is 0 Å². The lowest BCUT2D eigenvalue weighted by atomic mass is 10.3. The molecular formula is C13H21Cl2NO4. The van der Waals surface area contributed by atoms with Crippen molar-refractivity contribution in [2.24, 2.45) is 0 Å². The van der Waals surface area contributed by atoms with E-state index in [0.29, 0.717) is 30.4 Å². The van der Waals surface area contributed by atoms with Gasteiger partial charge in [0.25, 0.3) is 0 Å². The van der Waals surface area contributed by atoms with E-state index in [0.717, 1.165) is 0 Å². The van der Waals surface area contributed by atoms with Crippen LogP contribution in [-0.2, 0) is 0 Å². The Bertz CT molecular complexity index is 362. The highest BCUT2D eigenvalue weighted by Gasteiger charge is 2.12. The maximum atomic E-state index is 9.85. The molecule has 0 aliphatic carbocycles. The van der Waals surface area contributed by atoms with Crippen LogP contribution in [0.4, 0.5) is 0 Å². The summed E-state index contributed by atoms with van der Waals surface area (Å²) in [6.07, 6.45) is -0.714. The Hall–Kier alpha value is -0.560. The van der Waals surface area contributed by atoms with Gasteiger partial charge >= 0.3 is 0 Å². The SMILES string of the molecule is Cl.OCCN(CCO)CC(O)COc1ccccc1Cl. The molecule has 0 bridgehead atoms. The summed E-state index contributed by atoms with van der Waals surface area (Å²) in [5.41, 5.74) is 0. The fourth-order valence-corrected chi connectivity index (χ4v) is 1.87. The molecule has 116 valence electrons. The summed E-state index contributed by atoms with van der Waals surface area (Å²) < 4.78 is 5.42. The standard InChI is InChI=1S/C13H20ClNO4.ClH/c14-12-3-1-2-4-13(12)19-10-11(18)9-15(5-7-16)6-8-17;/h1-4,11,16-18H,5-10H2;1H. The van der Waals surface area contributed by atoms with Gasteiger partial charge < -0.3 is 20.1 Å². The third-order valence-corrected chi connectivity index (χ3v) is 2.88. The van der Waals surface area contributed by atoms with Crippen LogP contribution >= 0.6 is 24.0 Å². The second-order valence-corrected chi connectivity index (χ2v) is 4.55. The van der Waals surface area contributed by atoms with Crippen LogP contribution in [0.2, 0.25) is 5.02 Å². The first kappa shape index (κ1) is 19.4. The normalized spacial score (nSPS) is 12.1. The highest BCUT2D eigenvalue weighted by Crippen LogP contribution is 2.23. The second-order valence-electron chi connectivity index (χ2n) is 4.14. The number of halogens is 2. The van der Waals surface area contributed by atoms with E-state index in [1.165, 1.54) is 0 Å². The molecule has 0 radical (unpaired) electrons. The zero-order valence-electron chi connectivity index (χ0n) is 11.1. The first-order valence-corrected chi connectivity index (χ1v) is 6.54. The monoisotopic (exact) mass is 325 g/mol. The summed E-state index contributed by atoms with van der Waals surface area (Å²) in [4.78, 5) is 1.76. The van der Waals surface area contributed by atoms with E-state index in [9.17, 15) is 5.11 Å². The molecular weight excluding hydrogens is 305 g/mol. The molecule has 0 heterocycles. The quantitative estimate of drug-likeness (QED) is 0.626. The van der Waals surface area contributed by atoms with Crippen molar-refractivity contribution < 1.29 is 20.1 Å². The Labute approximate surface area is 130 Å². The van der Waals surface area contributed by atoms with Crippen molar-refractivity contribution in [1.82, 2.24) is 4.90 Å². The molecule has 5 nitrogen and oxygen atoms in total. The zero-order valence-corrected chi connectivity index (χ0v) is 12.7. The molecule has 0 spiro atoms. The van der Waals surface area contributed by atoms with Gasteiger partial charge in [-0.3, -0.25) is 4.90 Å². The van der Waals surface area contributed by atoms with Gasteiger partial charge in [-0.05, 0) is 12.1 Å². The van der Waals surface area contributed by atoms with Crippen LogP contribution < -0.4 is 4.74 Å². The molecule has 0 aliphatic rings. The maximum absolute atomic E-state index is 9.85. The van der Waals surface area contributed by atoms with Gasteiger partial charge in [0.1, 0.15) is 18.5 Å². The molecule has 7 heteroatoms. The van der Waals surface area contributed by atoms with Crippen LogP contribution in [0.1, 0.15) is 0 Å². The Balaban J connectivity index is 0.00000361. The summed E-state index contributed by atoms with van der Waals surface area (Å²) in [7, 11) is 0. The lowest BCUT2D eigenvalue weighted by molar-refractivity contribution is 0.0552. The molecule has 1 aromatic carbocycles. The minimum Gasteiger partial charge on any atom is -0.489 e. The average molecular weight is 326 g/mol. The summed E-state index contributed by atoms with van der Waals surface area (Å²) in [5, 5.41) is 28.1. The van der Waals surface area contributed by atoms with Gasteiger partial charge in [0, 0.05) is 19.6 Å². The van der Waals surface area contributed by atoms with Gasteiger partial charge in [0.15, 0.2) is 0 Å². The van der Waals surface area contributed by atoms with Gasteiger partial charge in [-0.1, -0.05) is 23.7 Å². The van der Waals surface area contributed by atoms with Gasteiger partial charge in [0.2, 0.25) is 0 Å². The highest BCUT2D eigenvalue weighted by molar-refractivity contribution is 6.32. The van der Waals surface area contributed by atoms with Crippen LogP contribution in [0.3, 0.4) is 0 Å². The second kappa shape index (κ2) is 11.1. The Morgan fingerprint density at radius 2 is 1.75 bits per heavy atom. The molecule has 1 rings (SSSR count). The predicted molar refractivity (Wildman–Crippen MR) is 80.8 cm³/mol. The first-order chi connectivity index (χ1) is 9.17. The number of benzene rings is 1. The molecule has 0 saturated heterocycles. The fraction of sp³-hybridized carbons (Fsp3) is 0.538. The number of aliphatic hydroxyl groups is 3. The molecule has 20 heavy (non-hydrogen) atoms. The number of ether oxygens (including phenoxy) is 1. The number of hydrogen-bond acceptors (Lipinski definition) is 5. The van der Waals surface area contributed by atoms with Gasteiger partial charge in [0.05, 0.1) is 18.2 Å². The van der Waals surface area contributed by atoms with Gasteiger partial charge in [-0.2, -0.15) is 0 Å². The molecule has 1 atom stereocenters. The Kier molecular flexibility index (Phi) is 10.8. The highest BCUT2D eigenvalue weighted by atomic mass is 35.5. The van der Waals surface area contributed by atoms with Crippen LogP contribution in [0.15, 0.2) is 24.3 Å². The smallest absolute Gasteiger partial charge is 0.138 e. The van der Waals surface area contributed by atoms with E-state index in [-0.39, 0.29) is 32.2 Å². The minimum absolute atomic E-state index is 0. The summed E-state index contributed by atoms with van der Waals surface area (Å²) in [6, 6.07) is 7.05. The topological polar surface area (TPSA) is 73.2 Å². The minimum atomic E-state index is -0.714. The van der Waals surface area contributed by atoms with Crippen molar-refractivity contribution in [3.8, 4) is 5.75 Å². The van der Waals surface area contributed by atoms with Gasteiger partial charge in [-0.15, -0.1) is 12.4 Å². The lowest BCUT2D eigenvalue weighted by Crippen LogP contribution is -2.38. The number of aliphatic hydroxyl groups excluding tert-OH is 3. The van der Waals surface area contributed by atoms with E-state index < -0.39 is 6.10 Å². The number of para-hydroxylation sites is 1. The number of nitrogens with zero attached hydrogens (tertiary/aromatic N) is 1.